The summed E-state index contributed by atoms with van der Waals surface area (Å²) in [6.45, 7) is 1.43. The minimum absolute atomic E-state index is 0.0964. The Hall–Kier alpha value is -2.17. The number of hydrogen-bond acceptors (Lipinski definition) is 4. The first-order valence-corrected chi connectivity index (χ1v) is 7.09. The lowest BCUT2D eigenvalue weighted by molar-refractivity contribution is 0.0319. The number of Topliss-reactive ketones (excluding diaryl/α,β-unsaturated/α-hetero) is 1. The van der Waals surface area contributed by atoms with Crippen molar-refractivity contribution in [1.82, 2.24) is 0 Å². The van der Waals surface area contributed by atoms with Gasteiger partial charge in [0.1, 0.15) is 0 Å². The Morgan fingerprint density at radius 1 is 1.05 bits per heavy atom. The van der Waals surface area contributed by atoms with E-state index in [0.717, 1.165) is 0 Å². The summed E-state index contributed by atoms with van der Waals surface area (Å²) >= 11 is 5.77. The highest BCUT2D eigenvalue weighted by Gasteiger charge is 2.20. The number of aliphatic hydroxyl groups is 1. The van der Waals surface area contributed by atoms with Crippen LogP contribution in [0.25, 0.3) is 0 Å². The van der Waals surface area contributed by atoms with Gasteiger partial charge in [-0.2, -0.15) is 0 Å². The molecule has 0 aromatic heterocycles. The topological polar surface area (TPSA) is 63.6 Å². The van der Waals surface area contributed by atoms with Gasteiger partial charge in [0.2, 0.25) is 5.78 Å². The molecule has 2 aromatic rings. The minimum Gasteiger partial charge on any atom is -0.451 e. The van der Waals surface area contributed by atoms with Crippen molar-refractivity contribution in [2.75, 3.05) is 0 Å². The molecular weight excluding hydrogens is 304 g/mol. The van der Waals surface area contributed by atoms with E-state index in [4.69, 9.17) is 21.4 Å². The summed E-state index contributed by atoms with van der Waals surface area (Å²) in [6.07, 6.45) is -0.897. The van der Waals surface area contributed by atoms with Crippen molar-refractivity contribution in [3.63, 3.8) is 0 Å². The van der Waals surface area contributed by atoms with Crippen LogP contribution in [0.4, 0.5) is 0 Å². The van der Waals surface area contributed by atoms with Crippen LogP contribution in [0.5, 0.6) is 0 Å². The number of carbonyl (C=O) groups excluding carboxylic acids is 2. The second-order valence-corrected chi connectivity index (χ2v) is 5.21. The number of halogens is 1. The average Bonchev–Trinajstić information content (AvgIpc) is 2.54. The first-order valence-electron chi connectivity index (χ1n) is 6.72. The van der Waals surface area contributed by atoms with Crippen molar-refractivity contribution in [1.29, 1.82) is 0 Å². The summed E-state index contributed by atoms with van der Waals surface area (Å²) in [5.41, 5.74) is 1.45. The summed E-state index contributed by atoms with van der Waals surface area (Å²) in [6, 6.07) is 12.7. The predicted molar refractivity (Wildman–Crippen MR) is 83.0 cm³/mol. The van der Waals surface area contributed by atoms with Gasteiger partial charge in [0.15, 0.2) is 6.10 Å². The fourth-order valence-corrected chi connectivity index (χ4v) is 2.00. The molecule has 0 aliphatic carbocycles. The Morgan fingerprint density at radius 3 is 2.14 bits per heavy atom. The van der Waals surface area contributed by atoms with E-state index in [2.05, 4.69) is 0 Å². The SMILES string of the molecule is C[C@H](OC(=O)c1ccc(CO)cc1)C(=O)c1ccc(Cl)cc1. The van der Waals surface area contributed by atoms with Crippen LogP contribution in [-0.2, 0) is 11.3 Å². The molecule has 0 radical (unpaired) electrons. The highest BCUT2D eigenvalue weighted by molar-refractivity contribution is 6.30. The van der Waals surface area contributed by atoms with Gasteiger partial charge in [-0.1, -0.05) is 23.7 Å². The van der Waals surface area contributed by atoms with Gasteiger partial charge < -0.3 is 9.84 Å². The van der Waals surface area contributed by atoms with Crippen LogP contribution in [0.1, 0.15) is 33.2 Å². The number of ether oxygens (including phenoxy) is 1. The molecule has 0 fully saturated rings. The second kappa shape index (κ2) is 7.20. The van der Waals surface area contributed by atoms with Gasteiger partial charge in [-0.25, -0.2) is 4.79 Å². The van der Waals surface area contributed by atoms with Crippen molar-refractivity contribution in [2.24, 2.45) is 0 Å². The zero-order chi connectivity index (χ0) is 16.1. The van der Waals surface area contributed by atoms with Gasteiger partial charge in [0.05, 0.1) is 12.2 Å². The summed E-state index contributed by atoms with van der Waals surface area (Å²) in [5.74, 6) is -0.878. The van der Waals surface area contributed by atoms with Crippen LogP contribution in [0.3, 0.4) is 0 Å². The molecule has 1 atom stereocenters. The Morgan fingerprint density at radius 2 is 1.59 bits per heavy atom. The van der Waals surface area contributed by atoms with Gasteiger partial charge in [0.25, 0.3) is 0 Å². The monoisotopic (exact) mass is 318 g/mol. The summed E-state index contributed by atoms with van der Waals surface area (Å²) < 4.78 is 5.17. The van der Waals surface area contributed by atoms with Gasteiger partial charge >= 0.3 is 5.97 Å². The molecule has 4 nitrogen and oxygen atoms in total. The molecule has 2 aromatic carbocycles. The lowest BCUT2D eigenvalue weighted by Crippen LogP contribution is -2.24. The van der Waals surface area contributed by atoms with Crippen molar-refractivity contribution in [3.8, 4) is 0 Å². The standard InChI is InChI=1S/C17H15ClO4/c1-11(16(20)13-6-8-15(18)9-7-13)22-17(21)14-4-2-12(10-19)3-5-14/h2-9,11,19H,10H2,1H3/t11-/m0/s1. The first-order chi connectivity index (χ1) is 10.5. The van der Waals surface area contributed by atoms with Crippen LogP contribution in [0.2, 0.25) is 5.02 Å². The third-order valence-electron chi connectivity index (χ3n) is 3.15. The third-order valence-corrected chi connectivity index (χ3v) is 3.41. The van der Waals surface area contributed by atoms with E-state index in [-0.39, 0.29) is 12.4 Å². The van der Waals surface area contributed by atoms with Crippen molar-refractivity contribution in [2.45, 2.75) is 19.6 Å². The van der Waals surface area contributed by atoms with Gasteiger partial charge in [-0.3, -0.25) is 4.79 Å². The molecule has 22 heavy (non-hydrogen) atoms. The van der Waals surface area contributed by atoms with Crippen molar-refractivity contribution >= 4 is 23.4 Å². The van der Waals surface area contributed by atoms with E-state index >= 15 is 0 Å². The summed E-state index contributed by atoms with van der Waals surface area (Å²) in [5, 5.41) is 9.49. The van der Waals surface area contributed by atoms with E-state index in [1.165, 1.54) is 6.92 Å². The number of carbonyl (C=O) groups is 2. The van der Waals surface area contributed by atoms with E-state index in [1.54, 1.807) is 48.5 Å². The van der Waals surface area contributed by atoms with Crippen LogP contribution < -0.4 is 0 Å². The Kier molecular flexibility index (Phi) is 5.31. The van der Waals surface area contributed by atoms with Crippen molar-refractivity contribution in [3.05, 3.63) is 70.2 Å². The Bertz CT molecular complexity index is 662. The van der Waals surface area contributed by atoms with Gasteiger partial charge in [-0.05, 0) is 48.9 Å². The lowest BCUT2D eigenvalue weighted by atomic mass is 10.1. The van der Waals surface area contributed by atoms with E-state index in [0.29, 0.717) is 21.7 Å². The molecule has 5 heteroatoms. The average molecular weight is 319 g/mol. The largest absolute Gasteiger partial charge is 0.451 e. The zero-order valence-corrected chi connectivity index (χ0v) is 12.7. The normalized spacial score (nSPS) is 11.8. The number of ketones is 1. The molecule has 2 rings (SSSR count). The fraction of sp³-hybridized carbons (Fsp3) is 0.176. The molecule has 0 unspecified atom stereocenters. The number of hydrogen-bond donors (Lipinski definition) is 1. The molecular formula is C17H15ClO4. The van der Waals surface area contributed by atoms with Crippen LogP contribution in [-0.4, -0.2) is 23.0 Å². The second-order valence-electron chi connectivity index (χ2n) is 4.77. The van der Waals surface area contributed by atoms with Crippen LogP contribution in [0.15, 0.2) is 48.5 Å². The molecule has 1 N–H and O–H groups in total. The summed E-state index contributed by atoms with van der Waals surface area (Å²) in [4.78, 5) is 24.2. The first kappa shape index (κ1) is 16.2. The number of rotatable bonds is 5. The molecule has 0 aliphatic rings. The molecule has 0 amide bonds. The maximum absolute atomic E-state index is 12.2. The molecule has 0 spiro atoms. The van der Waals surface area contributed by atoms with Gasteiger partial charge in [0, 0.05) is 10.6 Å². The maximum atomic E-state index is 12.2. The highest BCUT2D eigenvalue weighted by atomic mass is 35.5. The predicted octanol–water partition coefficient (Wildman–Crippen LogP) is 3.26. The third kappa shape index (κ3) is 3.93. The number of benzene rings is 2. The fourth-order valence-electron chi connectivity index (χ4n) is 1.88. The Balaban J connectivity index is 2.03. The quantitative estimate of drug-likeness (QED) is 0.679. The van der Waals surface area contributed by atoms with E-state index in [1.807, 2.05) is 0 Å². The van der Waals surface area contributed by atoms with E-state index < -0.39 is 12.1 Å². The summed E-state index contributed by atoms with van der Waals surface area (Å²) in [7, 11) is 0. The molecule has 0 bridgehead atoms. The van der Waals surface area contributed by atoms with Crippen LogP contribution in [0, 0.1) is 0 Å². The minimum atomic E-state index is -0.897. The molecule has 0 aliphatic heterocycles. The maximum Gasteiger partial charge on any atom is 0.338 e. The van der Waals surface area contributed by atoms with Crippen LogP contribution >= 0.6 is 11.6 Å². The molecule has 0 heterocycles. The highest BCUT2D eigenvalue weighted by Crippen LogP contribution is 2.14. The smallest absolute Gasteiger partial charge is 0.338 e. The van der Waals surface area contributed by atoms with E-state index in [9.17, 15) is 9.59 Å². The number of aliphatic hydroxyl groups excluding tert-OH is 1. The Labute approximate surface area is 133 Å². The van der Waals surface area contributed by atoms with Gasteiger partial charge in [-0.15, -0.1) is 0 Å². The molecule has 114 valence electrons. The zero-order valence-electron chi connectivity index (χ0n) is 12.0. The molecule has 0 saturated carbocycles. The van der Waals surface area contributed by atoms with Crippen molar-refractivity contribution < 1.29 is 19.4 Å². The lowest BCUT2D eigenvalue weighted by Gasteiger charge is -2.12. The molecule has 0 saturated heterocycles. The number of esters is 1.